The Morgan fingerprint density at radius 3 is 2.74 bits per heavy atom. The third-order valence-corrected chi connectivity index (χ3v) is 3.61. The fraction of sp³-hybridized carbons (Fsp3) is 0.500. The molecule has 0 heterocycles. The highest BCUT2D eigenvalue weighted by Gasteiger charge is 2.42. The molecule has 1 aliphatic carbocycles. The molecule has 0 aromatic heterocycles. The van der Waals surface area contributed by atoms with Gasteiger partial charge in [0.05, 0.1) is 18.6 Å². The Balaban J connectivity index is 2.03. The van der Waals surface area contributed by atoms with Crippen molar-refractivity contribution in [1.29, 1.82) is 0 Å². The number of halogens is 2. The Kier molecular flexibility index (Phi) is 3.85. The number of carbonyl (C=O) groups excluding carboxylic acids is 1. The molecule has 0 bridgehead atoms. The van der Waals surface area contributed by atoms with E-state index in [9.17, 15) is 18.7 Å². The molecule has 104 valence electrons. The average molecular weight is 269 g/mol. The normalized spacial score (nSPS) is 17.9. The number of hydrogen-bond donors (Lipinski definition) is 2. The van der Waals surface area contributed by atoms with E-state index < -0.39 is 23.1 Å². The molecule has 5 heteroatoms. The van der Waals surface area contributed by atoms with Gasteiger partial charge in [-0.15, -0.1) is 0 Å². The van der Waals surface area contributed by atoms with Gasteiger partial charge in [-0.2, -0.15) is 0 Å². The minimum absolute atomic E-state index is 0.0218. The zero-order valence-electron chi connectivity index (χ0n) is 10.7. The largest absolute Gasteiger partial charge is 0.394 e. The van der Waals surface area contributed by atoms with Crippen LogP contribution >= 0.6 is 0 Å². The molecule has 2 N–H and O–H groups in total. The number of benzene rings is 1. The van der Waals surface area contributed by atoms with E-state index in [1.54, 1.807) is 6.92 Å². The van der Waals surface area contributed by atoms with E-state index in [4.69, 9.17) is 0 Å². The van der Waals surface area contributed by atoms with Gasteiger partial charge in [0.1, 0.15) is 0 Å². The van der Waals surface area contributed by atoms with E-state index in [0.29, 0.717) is 0 Å². The van der Waals surface area contributed by atoms with E-state index in [1.807, 2.05) is 0 Å². The van der Waals surface area contributed by atoms with Crippen LogP contribution in [0.4, 0.5) is 8.78 Å². The van der Waals surface area contributed by atoms with E-state index in [2.05, 4.69) is 5.32 Å². The van der Waals surface area contributed by atoms with Crippen LogP contribution in [-0.4, -0.2) is 23.2 Å². The summed E-state index contributed by atoms with van der Waals surface area (Å²) in [7, 11) is 0. The Bertz CT molecular complexity index is 488. The standard InChI is InChI=1S/C14H17F2NO2/c1-14(8-18,10-5-6-10)17-12(19)7-9-3-2-4-11(15)13(9)16/h2-4,10,18H,5-8H2,1H3,(H,17,19)/t14-/m1/s1. The van der Waals surface area contributed by atoms with E-state index >= 15 is 0 Å². The molecule has 1 aromatic rings. The first kappa shape index (κ1) is 13.9. The molecule has 1 saturated carbocycles. The van der Waals surface area contributed by atoms with Crippen LogP contribution in [0.25, 0.3) is 0 Å². The second kappa shape index (κ2) is 5.25. The van der Waals surface area contributed by atoms with Crippen molar-refractivity contribution in [3.8, 4) is 0 Å². The number of rotatable bonds is 5. The lowest BCUT2D eigenvalue weighted by Crippen LogP contribution is -2.51. The maximum atomic E-state index is 13.4. The number of hydrogen-bond acceptors (Lipinski definition) is 2. The molecule has 0 unspecified atom stereocenters. The van der Waals surface area contributed by atoms with Crippen molar-refractivity contribution in [2.75, 3.05) is 6.61 Å². The summed E-state index contributed by atoms with van der Waals surface area (Å²) in [6, 6.07) is 3.76. The van der Waals surface area contributed by atoms with Gasteiger partial charge in [-0.3, -0.25) is 4.79 Å². The minimum Gasteiger partial charge on any atom is -0.394 e. The molecule has 1 atom stereocenters. The molecule has 0 radical (unpaired) electrons. The first-order valence-corrected chi connectivity index (χ1v) is 6.31. The van der Waals surface area contributed by atoms with Crippen LogP contribution in [0.1, 0.15) is 25.3 Å². The Labute approximate surface area is 110 Å². The predicted molar refractivity (Wildman–Crippen MR) is 66.4 cm³/mol. The zero-order valence-corrected chi connectivity index (χ0v) is 10.7. The van der Waals surface area contributed by atoms with Crippen molar-refractivity contribution >= 4 is 5.91 Å². The summed E-state index contributed by atoms with van der Waals surface area (Å²) in [5.74, 6) is -2.10. The molecule has 1 fully saturated rings. The summed E-state index contributed by atoms with van der Waals surface area (Å²) in [6.07, 6.45) is 1.70. The first-order valence-electron chi connectivity index (χ1n) is 6.31. The van der Waals surface area contributed by atoms with Crippen molar-refractivity contribution < 1.29 is 18.7 Å². The molecule has 19 heavy (non-hydrogen) atoms. The van der Waals surface area contributed by atoms with Gasteiger partial charge in [0.2, 0.25) is 5.91 Å². The van der Waals surface area contributed by atoms with Gasteiger partial charge in [0.25, 0.3) is 0 Å². The van der Waals surface area contributed by atoms with Crippen LogP contribution in [0.2, 0.25) is 0 Å². The van der Waals surface area contributed by atoms with Gasteiger partial charge < -0.3 is 10.4 Å². The van der Waals surface area contributed by atoms with Gasteiger partial charge >= 0.3 is 0 Å². The van der Waals surface area contributed by atoms with Crippen LogP contribution in [0, 0.1) is 17.6 Å². The fourth-order valence-corrected chi connectivity index (χ4v) is 2.21. The summed E-state index contributed by atoms with van der Waals surface area (Å²) in [5.41, 5.74) is -0.644. The SMILES string of the molecule is C[C@](CO)(NC(=O)Cc1cccc(F)c1F)C1CC1. The second-order valence-electron chi connectivity index (χ2n) is 5.29. The highest BCUT2D eigenvalue weighted by atomic mass is 19.2. The van der Waals surface area contributed by atoms with Gasteiger partial charge in [-0.25, -0.2) is 8.78 Å². The summed E-state index contributed by atoms with van der Waals surface area (Å²) in [6.45, 7) is 1.61. The van der Waals surface area contributed by atoms with Crippen molar-refractivity contribution in [1.82, 2.24) is 5.32 Å². The van der Waals surface area contributed by atoms with Crippen LogP contribution in [0.15, 0.2) is 18.2 Å². The van der Waals surface area contributed by atoms with Gasteiger partial charge in [-0.05, 0) is 31.7 Å². The molecule has 1 amide bonds. The summed E-state index contributed by atoms with van der Waals surface area (Å²) in [4.78, 5) is 11.9. The molecule has 3 nitrogen and oxygen atoms in total. The number of aliphatic hydroxyl groups is 1. The van der Waals surface area contributed by atoms with Gasteiger partial charge in [0.15, 0.2) is 11.6 Å². The monoisotopic (exact) mass is 269 g/mol. The van der Waals surface area contributed by atoms with E-state index in [1.165, 1.54) is 12.1 Å². The smallest absolute Gasteiger partial charge is 0.225 e. The average Bonchev–Trinajstić information content (AvgIpc) is 3.19. The Morgan fingerprint density at radius 2 is 2.16 bits per heavy atom. The van der Waals surface area contributed by atoms with Crippen LogP contribution in [0.3, 0.4) is 0 Å². The van der Waals surface area contributed by atoms with E-state index in [-0.39, 0.29) is 24.5 Å². The molecule has 0 spiro atoms. The Hall–Kier alpha value is -1.49. The van der Waals surface area contributed by atoms with Gasteiger partial charge in [0, 0.05) is 5.56 Å². The lowest BCUT2D eigenvalue weighted by Gasteiger charge is -2.28. The number of aliphatic hydroxyl groups excluding tert-OH is 1. The maximum Gasteiger partial charge on any atom is 0.225 e. The van der Waals surface area contributed by atoms with Crippen molar-refractivity contribution in [2.45, 2.75) is 31.7 Å². The molecule has 0 saturated heterocycles. The zero-order chi connectivity index (χ0) is 14.0. The van der Waals surface area contributed by atoms with Crippen molar-refractivity contribution in [3.63, 3.8) is 0 Å². The third-order valence-electron chi connectivity index (χ3n) is 3.61. The lowest BCUT2D eigenvalue weighted by atomic mass is 9.96. The van der Waals surface area contributed by atoms with Crippen LogP contribution in [0.5, 0.6) is 0 Å². The molecular weight excluding hydrogens is 252 g/mol. The molecule has 1 aromatic carbocycles. The highest BCUT2D eigenvalue weighted by molar-refractivity contribution is 5.79. The van der Waals surface area contributed by atoms with Crippen molar-refractivity contribution in [2.24, 2.45) is 5.92 Å². The predicted octanol–water partition coefficient (Wildman–Crippen LogP) is 1.78. The molecule has 0 aliphatic heterocycles. The highest BCUT2D eigenvalue weighted by Crippen LogP contribution is 2.39. The quantitative estimate of drug-likeness (QED) is 0.856. The summed E-state index contributed by atoms with van der Waals surface area (Å²) < 4.78 is 26.5. The number of nitrogens with one attached hydrogen (secondary N) is 1. The molecule has 1 aliphatic rings. The second-order valence-corrected chi connectivity index (χ2v) is 5.29. The van der Waals surface area contributed by atoms with Gasteiger partial charge in [-0.1, -0.05) is 12.1 Å². The van der Waals surface area contributed by atoms with Crippen LogP contribution in [-0.2, 0) is 11.2 Å². The summed E-state index contributed by atoms with van der Waals surface area (Å²) in [5, 5.41) is 12.1. The summed E-state index contributed by atoms with van der Waals surface area (Å²) >= 11 is 0. The lowest BCUT2D eigenvalue weighted by molar-refractivity contribution is -0.123. The maximum absolute atomic E-state index is 13.4. The first-order chi connectivity index (χ1) is 8.96. The number of carbonyl (C=O) groups is 1. The van der Waals surface area contributed by atoms with E-state index in [0.717, 1.165) is 18.9 Å². The topological polar surface area (TPSA) is 49.3 Å². The van der Waals surface area contributed by atoms with Crippen molar-refractivity contribution in [3.05, 3.63) is 35.4 Å². The Morgan fingerprint density at radius 1 is 1.47 bits per heavy atom. The third kappa shape index (κ3) is 3.10. The molecular formula is C14H17F2NO2. The minimum atomic E-state index is -0.991. The van der Waals surface area contributed by atoms with Crippen LogP contribution < -0.4 is 5.32 Å². The molecule has 2 rings (SSSR count). The number of amides is 1. The fourth-order valence-electron chi connectivity index (χ4n) is 2.21.